The Bertz CT molecular complexity index is 702. The molecule has 0 aliphatic rings. The standard InChI is InChI=1S/C19H24FN3O4/c1-13(24)22-17(12-14-8-5-6-9-15(14)20)18(25)23-16(19(26)27-2)10-4-3-7-11-21/h5-6,8-9,16-17H,3-4,7,10,12H2,1-2H3,(H,22,24)(H,23,25)/t16-,17+/m1/s1. The maximum Gasteiger partial charge on any atom is 0.328 e. The largest absolute Gasteiger partial charge is 0.467 e. The minimum absolute atomic E-state index is 0.0551. The van der Waals surface area contributed by atoms with Crippen molar-refractivity contribution in [2.75, 3.05) is 7.11 Å². The molecule has 0 aromatic heterocycles. The number of carbonyl (C=O) groups excluding carboxylic acids is 3. The summed E-state index contributed by atoms with van der Waals surface area (Å²) in [5.41, 5.74) is 0.273. The number of hydrogen-bond donors (Lipinski definition) is 2. The molecular weight excluding hydrogens is 353 g/mol. The number of carbonyl (C=O) groups is 3. The molecule has 0 saturated carbocycles. The van der Waals surface area contributed by atoms with Crippen LogP contribution in [0.4, 0.5) is 4.39 Å². The van der Waals surface area contributed by atoms with Crippen LogP contribution in [0.25, 0.3) is 0 Å². The van der Waals surface area contributed by atoms with Crippen molar-refractivity contribution < 1.29 is 23.5 Å². The van der Waals surface area contributed by atoms with Gasteiger partial charge in [0.1, 0.15) is 17.9 Å². The van der Waals surface area contributed by atoms with Gasteiger partial charge in [-0.15, -0.1) is 0 Å². The summed E-state index contributed by atoms with van der Waals surface area (Å²) < 4.78 is 18.6. The first-order valence-electron chi connectivity index (χ1n) is 8.64. The Kier molecular flexibility index (Phi) is 9.51. The van der Waals surface area contributed by atoms with Gasteiger partial charge in [-0.3, -0.25) is 9.59 Å². The third-order valence-corrected chi connectivity index (χ3v) is 3.91. The second-order valence-electron chi connectivity index (χ2n) is 6.04. The number of methoxy groups -OCH3 is 1. The van der Waals surface area contributed by atoms with E-state index < -0.39 is 35.7 Å². The Labute approximate surface area is 157 Å². The molecule has 0 saturated heterocycles. The lowest BCUT2D eigenvalue weighted by atomic mass is 10.0. The number of nitrogens with one attached hydrogen (secondary N) is 2. The fraction of sp³-hybridized carbons (Fsp3) is 0.474. The Hall–Kier alpha value is -2.95. The maximum atomic E-state index is 13.9. The molecular formula is C19H24FN3O4. The van der Waals surface area contributed by atoms with Gasteiger partial charge in [0.15, 0.2) is 0 Å². The van der Waals surface area contributed by atoms with Crippen molar-refractivity contribution in [1.29, 1.82) is 5.26 Å². The quantitative estimate of drug-likeness (QED) is 0.476. The van der Waals surface area contributed by atoms with Crippen LogP contribution in [0.1, 0.15) is 38.2 Å². The molecule has 146 valence electrons. The zero-order chi connectivity index (χ0) is 20.2. The van der Waals surface area contributed by atoms with Gasteiger partial charge in [0.05, 0.1) is 13.2 Å². The molecule has 2 amide bonds. The summed E-state index contributed by atoms with van der Waals surface area (Å²) in [4.78, 5) is 36.0. The van der Waals surface area contributed by atoms with E-state index in [0.29, 0.717) is 25.7 Å². The summed E-state index contributed by atoms with van der Waals surface area (Å²) in [5, 5.41) is 13.6. The molecule has 8 heteroatoms. The smallest absolute Gasteiger partial charge is 0.328 e. The second kappa shape index (κ2) is 11.6. The fourth-order valence-electron chi connectivity index (χ4n) is 2.55. The summed E-state index contributed by atoms with van der Waals surface area (Å²) in [6.45, 7) is 1.25. The van der Waals surface area contributed by atoms with E-state index in [-0.39, 0.29) is 12.0 Å². The van der Waals surface area contributed by atoms with Crippen LogP contribution in [0.3, 0.4) is 0 Å². The van der Waals surface area contributed by atoms with E-state index in [0.717, 1.165) is 0 Å². The summed E-state index contributed by atoms with van der Waals surface area (Å²) in [5.74, 6) is -2.16. The van der Waals surface area contributed by atoms with Crippen LogP contribution in [0.2, 0.25) is 0 Å². The minimum Gasteiger partial charge on any atom is -0.467 e. The van der Waals surface area contributed by atoms with E-state index in [1.54, 1.807) is 6.07 Å². The molecule has 1 aromatic rings. The summed E-state index contributed by atoms with van der Waals surface area (Å²) in [7, 11) is 1.21. The Morgan fingerprint density at radius 1 is 1.19 bits per heavy atom. The Balaban J connectivity index is 2.85. The molecule has 0 heterocycles. The van der Waals surface area contributed by atoms with Crippen LogP contribution in [0.5, 0.6) is 0 Å². The number of halogens is 1. The number of nitriles is 1. The number of benzene rings is 1. The van der Waals surface area contributed by atoms with Crippen molar-refractivity contribution in [3.05, 3.63) is 35.6 Å². The van der Waals surface area contributed by atoms with Gasteiger partial charge in [-0.25, -0.2) is 9.18 Å². The van der Waals surface area contributed by atoms with Gasteiger partial charge < -0.3 is 15.4 Å². The highest BCUT2D eigenvalue weighted by Crippen LogP contribution is 2.11. The molecule has 0 aliphatic carbocycles. The highest BCUT2D eigenvalue weighted by molar-refractivity contribution is 5.90. The van der Waals surface area contributed by atoms with Gasteiger partial charge in [0.2, 0.25) is 11.8 Å². The number of nitrogens with zero attached hydrogens (tertiary/aromatic N) is 1. The SMILES string of the molecule is COC(=O)[C@@H](CCCCC#N)NC(=O)[C@H](Cc1ccccc1F)NC(C)=O. The van der Waals surface area contributed by atoms with E-state index >= 15 is 0 Å². The van der Waals surface area contributed by atoms with Gasteiger partial charge in [0, 0.05) is 19.8 Å². The van der Waals surface area contributed by atoms with E-state index in [9.17, 15) is 18.8 Å². The Morgan fingerprint density at radius 2 is 1.89 bits per heavy atom. The van der Waals surface area contributed by atoms with Crippen molar-refractivity contribution >= 4 is 17.8 Å². The number of rotatable bonds is 10. The molecule has 0 unspecified atom stereocenters. The Morgan fingerprint density at radius 3 is 2.48 bits per heavy atom. The summed E-state index contributed by atoms with van der Waals surface area (Å²) in [6.07, 6.45) is 1.73. The van der Waals surface area contributed by atoms with Crippen molar-refractivity contribution in [2.24, 2.45) is 0 Å². The minimum atomic E-state index is -1.04. The normalized spacial score (nSPS) is 12.4. The van der Waals surface area contributed by atoms with Crippen LogP contribution in [0, 0.1) is 17.1 Å². The molecule has 27 heavy (non-hydrogen) atoms. The fourth-order valence-corrected chi connectivity index (χ4v) is 2.55. The molecule has 0 aliphatic heterocycles. The molecule has 2 atom stereocenters. The highest BCUT2D eigenvalue weighted by Gasteiger charge is 2.27. The van der Waals surface area contributed by atoms with Crippen molar-refractivity contribution in [1.82, 2.24) is 10.6 Å². The molecule has 0 fully saturated rings. The molecule has 7 nitrogen and oxygen atoms in total. The zero-order valence-corrected chi connectivity index (χ0v) is 15.5. The lowest BCUT2D eigenvalue weighted by Gasteiger charge is -2.22. The number of unbranched alkanes of at least 4 members (excludes halogenated alkanes) is 2. The maximum absolute atomic E-state index is 13.9. The van der Waals surface area contributed by atoms with Crippen molar-refractivity contribution in [3.8, 4) is 6.07 Å². The van der Waals surface area contributed by atoms with E-state index in [4.69, 9.17) is 10.00 Å². The van der Waals surface area contributed by atoms with Crippen LogP contribution in [-0.2, 0) is 25.5 Å². The van der Waals surface area contributed by atoms with Crippen LogP contribution >= 0.6 is 0 Å². The number of ether oxygens (including phenoxy) is 1. The molecule has 0 spiro atoms. The van der Waals surface area contributed by atoms with Crippen LogP contribution < -0.4 is 10.6 Å². The molecule has 2 N–H and O–H groups in total. The molecule has 1 aromatic carbocycles. The highest BCUT2D eigenvalue weighted by atomic mass is 19.1. The van der Waals surface area contributed by atoms with Gasteiger partial charge in [0.25, 0.3) is 0 Å². The first-order chi connectivity index (χ1) is 12.9. The molecule has 1 rings (SSSR count). The summed E-state index contributed by atoms with van der Waals surface area (Å²) in [6, 6.07) is 6.02. The zero-order valence-electron chi connectivity index (χ0n) is 15.5. The third kappa shape index (κ3) is 7.86. The lowest BCUT2D eigenvalue weighted by molar-refractivity contribution is -0.145. The molecule has 0 bridgehead atoms. The molecule has 0 radical (unpaired) electrons. The van der Waals surface area contributed by atoms with Crippen LogP contribution in [0.15, 0.2) is 24.3 Å². The van der Waals surface area contributed by atoms with E-state index in [1.807, 2.05) is 6.07 Å². The second-order valence-corrected chi connectivity index (χ2v) is 6.04. The van der Waals surface area contributed by atoms with E-state index in [1.165, 1.54) is 32.2 Å². The number of esters is 1. The predicted octanol–water partition coefficient (Wildman–Crippen LogP) is 1.61. The average molecular weight is 377 g/mol. The van der Waals surface area contributed by atoms with Gasteiger partial charge in [-0.05, 0) is 30.9 Å². The first-order valence-corrected chi connectivity index (χ1v) is 8.64. The predicted molar refractivity (Wildman–Crippen MR) is 95.7 cm³/mol. The first kappa shape index (κ1) is 22.1. The van der Waals surface area contributed by atoms with Gasteiger partial charge >= 0.3 is 5.97 Å². The monoisotopic (exact) mass is 377 g/mol. The number of hydrogen-bond acceptors (Lipinski definition) is 5. The van der Waals surface area contributed by atoms with Crippen LogP contribution in [-0.4, -0.2) is 37.0 Å². The van der Waals surface area contributed by atoms with Gasteiger partial charge in [-0.1, -0.05) is 18.2 Å². The lowest BCUT2D eigenvalue weighted by Crippen LogP contribution is -2.52. The van der Waals surface area contributed by atoms with Crippen molar-refractivity contribution in [2.45, 2.75) is 51.1 Å². The topological polar surface area (TPSA) is 108 Å². The number of amides is 2. The third-order valence-electron chi connectivity index (χ3n) is 3.91. The summed E-state index contributed by atoms with van der Waals surface area (Å²) >= 11 is 0. The van der Waals surface area contributed by atoms with Gasteiger partial charge in [-0.2, -0.15) is 5.26 Å². The van der Waals surface area contributed by atoms with E-state index in [2.05, 4.69) is 10.6 Å². The average Bonchev–Trinajstić information content (AvgIpc) is 2.64. The van der Waals surface area contributed by atoms with Crippen molar-refractivity contribution in [3.63, 3.8) is 0 Å².